The van der Waals surface area contributed by atoms with Crippen molar-refractivity contribution in [1.82, 2.24) is 0 Å². The largest absolute Gasteiger partial charge is 0.486 e. The Morgan fingerprint density at radius 1 is 1.31 bits per heavy atom. The number of aryl methyl sites for hydroxylation is 2. The van der Waals surface area contributed by atoms with Crippen LogP contribution in [0.4, 0.5) is 0 Å². The Morgan fingerprint density at radius 3 is 2.31 bits per heavy atom. The Kier molecular flexibility index (Phi) is 3.25. The molecule has 1 rings (SSSR count). The predicted octanol–water partition coefficient (Wildman–Crippen LogP) is 1.97. The molecule has 3 heteroatoms. The maximum absolute atomic E-state index is 5.36. The fourth-order valence-corrected chi connectivity index (χ4v) is 1.23. The third-order valence-corrected chi connectivity index (χ3v) is 1.69. The molecule has 0 amide bonds. The van der Waals surface area contributed by atoms with Crippen LogP contribution in [0.1, 0.15) is 11.1 Å². The van der Waals surface area contributed by atoms with E-state index in [1.165, 1.54) is 11.1 Å². The molecule has 0 aliphatic rings. The van der Waals surface area contributed by atoms with Crippen LogP contribution in [-0.4, -0.2) is 11.6 Å². The van der Waals surface area contributed by atoms with Gasteiger partial charge in [0, 0.05) is 0 Å². The first-order valence-corrected chi connectivity index (χ1v) is 4.48. The van der Waals surface area contributed by atoms with E-state index in [4.69, 9.17) is 22.7 Å². The van der Waals surface area contributed by atoms with Crippen molar-refractivity contribution in [3.05, 3.63) is 29.3 Å². The van der Waals surface area contributed by atoms with E-state index in [0.717, 1.165) is 5.75 Å². The molecule has 0 aliphatic heterocycles. The molecule has 70 valence electrons. The molecule has 0 unspecified atom stereocenters. The van der Waals surface area contributed by atoms with Crippen molar-refractivity contribution in [2.75, 3.05) is 6.61 Å². The maximum Gasteiger partial charge on any atom is 0.138 e. The zero-order valence-corrected chi connectivity index (χ0v) is 8.65. The first-order chi connectivity index (χ1) is 6.08. The van der Waals surface area contributed by atoms with E-state index in [-0.39, 0.29) is 0 Å². The molecule has 0 radical (unpaired) electrons. The van der Waals surface area contributed by atoms with Gasteiger partial charge in [-0.05, 0) is 37.1 Å². The van der Waals surface area contributed by atoms with Crippen LogP contribution in [0.3, 0.4) is 0 Å². The highest BCUT2D eigenvalue weighted by molar-refractivity contribution is 7.80. The predicted molar refractivity (Wildman–Crippen MR) is 58.2 cm³/mol. The Morgan fingerprint density at radius 2 is 1.85 bits per heavy atom. The summed E-state index contributed by atoms with van der Waals surface area (Å²) in [5.41, 5.74) is 7.68. The van der Waals surface area contributed by atoms with Gasteiger partial charge in [0.05, 0.1) is 0 Å². The fraction of sp³-hybridized carbons (Fsp3) is 0.300. The lowest BCUT2D eigenvalue weighted by Gasteiger charge is -2.06. The summed E-state index contributed by atoms with van der Waals surface area (Å²) in [5, 5.41) is 0. The lowest BCUT2D eigenvalue weighted by atomic mass is 10.1. The van der Waals surface area contributed by atoms with Crippen molar-refractivity contribution in [2.45, 2.75) is 13.8 Å². The normalized spacial score (nSPS) is 9.69. The molecule has 2 N–H and O–H groups in total. The summed E-state index contributed by atoms with van der Waals surface area (Å²) in [6.07, 6.45) is 0. The van der Waals surface area contributed by atoms with Gasteiger partial charge < -0.3 is 10.5 Å². The van der Waals surface area contributed by atoms with Gasteiger partial charge in [-0.15, -0.1) is 0 Å². The summed E-state index contributed by atoms with van der Waals surface area (Å²) in [5.74, 6) is 0.824. The minimum atomic E-state index is 0.304. The van der Waals surface area contributed by atoms with Gasteiger partial charge in [-0.3, -0.25) is 0 Å². The molecular weight excluding hydrogens is 182 g/mol. The highest BCUT2D eigenvalue weighted by Crippen LogP contribution is 2.15. The third kappa shape index (κ3) is 3.42. The van der Waals surface area contributed by atoms with E-state index in [9.17, 15) is 0 Å². The lowest BCUT2D eigenvalue weighted by Crippen LogP contribution is -2.17. The van der Waals surface area contributed by atoms with Gasteiger partial charge in [0.25, 0.3) is 0 Å². The summed E-state index contributed by atoms with van der Waals surface area (Å²) in [6, 6.07) is 6.02. The van der Waals surface area contributed by atoms with Gasteiger partial charge in [-0.25, -0.2) is 0 Å². The first-order valence-electron chi connectivity index (χ1n) is 4.07. The topological polar surface area (TPSA) is 35.2 Å². The van der Waals surface area contributed by atoms with Crippen LogP contribution in [0.5, 0.6) is 5.75 Å². The highest BCUT2D eigenvalue weighted by atomic mass is 32.1. The molecule has 0 heterocycles. The van der Waals surface area contributed by atoms with Crippen molar-refractivity contribution >= 4 is 17.2 Å². The Balaban J connectivity index is 2.71. The van der Waals surface area contributed by atoms with E-state index >= 15 is 0 Å². The number of benzene rings is 1. The van der Waals surface area contributed by atoms with E-state index < -0.39 is 0 Å². The van der Waals surface area contributed by atoms with Gasteiger partial charge in [-0.1, -0.05) is 18.3 Å². The van der Waals surface area contributed by atoms with Gasteiger partial charge in [0.1, 0.15) is 17.3 Å². The number of rotatable bonds is 3. The summed E-state index contributed by atoms with van der Waals surface area (Å²) in [7, 11) is 0. The van der Waals surface area contributed by atoms with Crippen molar-refractivity contribution in [3.63, 3.8) is 0 Å². The van der Waals surface area contributed by atoms with Crippen LogP contribution in [0.15, 0.2) is 18.2 Å². The first kappa shape index (κ1) is 9.99. The maximum atomic E-state index is 5.36. The van der Waals surface area contributed by atoms with Crippen LogP contribution >= 0.6 is 12.2 Å². The monoisotopic (exact) mass is 195 g/mol. The summed E-state index contributed by atoms with van der Waals surface area (Å²) < 4.78 is 5.36. The molecule has 0 aromatic heterocycles. The summed E-state index contributed by atoms with van der Waals surface area (Å²) >= 11 is 4.71. The standard InChI is InChI=1S/C10H13NOS/c1-7-3-8(2)5-9(4-7)12-6-10(11)13/h3-5H,6H2,1-2H3,(H2,11,13). The average molecular weight is 195 g/mol. The molecule has 0 bridgehead atoms. The molecule has 1 aromatic carbocycles. The van der Waals surface area contributed by atoms with E-state index in [1.807, 2.05) is 26.0 Å². The zero-order valence-electron chi connectivity index (χ0n) is 7.83. The third-order valence-electron chi connectivity index (χ3n) is 1.58. The molecule has 0 saturated heterocycles. The Bertz CT molecular complexity index is 302. The Labute approximate surface area is 83.7 Å². The number of ether oxygens (including phenoxy) is 1. The fourth-order valence-electron chi connectivity index (χ4n) is 1.17. The van der Waals surface area contributed by atoms with E-state index in [1.54, 1.807) is 0 Å². The Hall–Kier alpha value is -1.09. The van der Waals surface area contributed by atoms with Crippen molar-refractivity contribution < 1.29 is 4.74 Å². The molecular formula is C10H13NOS. The van der Waals surface area contributed by atoms with Crippen LogP contribution in [0.2, 0.25) is 0 Å². The molecule has 0 aliphatic carbocycles. The van der Waals surface area contributed by atoms with E-state index in [0.29, 0.717) is 11.6 Å². The second kappa shape index (κ2) is 4.23. The summed E-state index contributed by atoms with van der Waals surface area (Å²) in [6.45, 7) is 4.36. The number of thiocarbonyl (C=S) groups is 1. The molecule has 2 nitrogen and oxygen atoms in total. The second-order valence-electron chi connectivity index (χ2n) is 3.08. The molecule has 1 aromatic rings. The van der Waals surface area contributed by atoms with Gasteiger partial charge >= 0.3 is 0 Å². The van der Waals surface area contributed by atoms with Gasteiger partial charge in [-0.2, -0.15) is 0 Å². The molecule has 0 saturated carbocycles. The van der Waals surface area contributed by atoms with Crippen molar-refractivity contribution in [3.8, 4) is 5.75 Å². The quantitative estimate of drug-likeness (QED) is 0.749. The van der Waals surface area contributed by atoms with Crippen molar-refractivity contribution in [2.24, 2.45) is 5.73 Å². The lowest BCUT2D eigenvalue weighted by molar-refractivity contribution is 0.377. The zero-order chi connectivity index (χ0) is 9.84. The molecule has 0 atom stereocenters. The smallest absolute Gasteiger partial charge is 0.138 e. The van der Waals surface area contributed by atoms with Crippen LogP contribution in [-0.2, 0) is 0 Å². The SMILES string of the molecule is Cc1cc(C)cc(OCC(N)=S)c1. The van der Waals surface area contributed by atoms with E-state index in [2.05, 4.69) is 6.07 Å². The average Bonchev–Trinajstić information content (AvgIpc) is 1.99. The number of nitrogens with two attached hydrogens (primary N) is 1. The van der Waals surface area contributed by atoms with Crippen LogP contribution < -0.4 is 10.5 Å². The molecule has 0 spiro atoms. The molecule has 13 heavy (non-hydrogen) atoms. The highest BCUT2D eigenvalue weighted by Gasteiger charge is 1.97. The van der Waals surface area contributed by atoms with Crippen LogP contribution in [0, 0.1) is 13.8 Å². The van der Waals surface area contributed by atoms with Gasteiger partial charge in [0.2, 0.25) is 0 Å². The van der Waals surface area contributed by atoms with Gasteiger partial charge in [0.15, 0.2) is 0 Å². The minimum absolute atomic E-state index is 0.304. The minimum Gasteiger partial charge on any atom is -0.486 e. The van der Waals surface area contributed by atoms with Crippen LogP contribution in [0.25, 0.3) is 0 Å². The number of hydrogen-bond acceptors (Lipinski definition) is 2. The second-order valence-corrected chi connectivity index (χ2v) is 3.60. The number of hydrogen-bond donors (Lipinski definition) is 1. The van der Waals surface area contributed by atoms with Crippen molar-refractivity contribution in [1.29, 1.82) is 0 Å². The molecule has 0 fully saturated rings. The summed E-state index contributed by atoms with van der Waals surface area (Å²) in [4.78, 5) is 0.374.